The largest absolute Gasteiger partial charge is 0.416 e. The molecule has 0 unspecified atom stereocenters. The highest BCUT2D eigenvalue weighted by Gasteiger charge is 2.36. The van der Waals surface area contributed by atoms with E-state index in [9.17, 15) is 13.2 Å². The van der Waals surface area contributed by atoms with Gasteiger partial charge in [0.15, 0.2) is 0 Å². The van der Waals surface area contributed by atoms with E-state index in [-0.39, 0.29) is 12.0 Å². The van der Waals surface area contributed by atoms with Crippen molar-refractivity contribution in [3.8, 4) is 0 Å². The number of alkyl halides is 3. The van der Waals surface area contributed by atoms with Crippen LogP contribution >= 0.6 is 11.6 Å². The van der Waals surface area contributed by atoms with E-state index in [0.717, 1.165) is 18.1 Å². The number of nitrogens with one attached hydrogen (secondary N) is 1. The van der Waals surface area contributed by atoms with E-state index < -0.39 is 11.7 Å². The van der Waals surface area contributed by atoms with E-state index in [4.69, 9.17) is 11.6 Å². The summed E-state index contributed by atoms with van der Waals surface area (Å²) in [6.07, 6.45) is -2.81. The summed E-state index contributed by atoms with van der Waals surface area (Å²) in [5.74, 6) is 0.209. The Balaban J connectivity index is 1.88. The fourth-order valence-corrected chi connectivity index (χ4v) is 3.48. The van der Waals surface area contributed by atoms with Gasteiger partial charge < -0.3 is 5.32 Å². The van der Waals surface area contributed by atoms with E-state index in [0.29, 0.717) is 23.6 Å². The second-order valence-electron chi connectivity index (χ2n) is 5.87. The molecule has 0 aromatic heterocycles. The van der Waals surface area contributed by atoms with Gasteiger partial charge in [-0.05, 0) is 54.6 Å². The second-order valence-corrected chi connectivity index (χ2v) is 6.30. The van der Waals surface area contributed by atoms with Crippen molar-refractivity contribution in [2.24, 2.45) is 0 Å². The van der Waals surface area contributed by atoms with Crippen molar-refractivity contribution in [3.63, 3.8) is 0 Å². The molecule has 1 fully saturated rings. The van der Waals surface area contributed by atoms with E-state index in [1.165, 1.54) is 6.07 Å². The number of benzene rings is 2. The zero-order chi connectivity index (χ0) is 16.4. The Labute approximate surface area is 138 Å². The third kappa shape index (κ3) is 3.70. The number of rotatable bonds is 2. The van der Waals surface area contributed by atoms with Crippen molar-refractivity contribution in [1.29, 1.82) is 0 Å². The third-order valence-corrected chi connectivity index (χ3v) is 4.60. The molecule has 0 radical (unpaired) electrons. The molecule has 1 heterocycles. The highest BCUT2D eigenvalue weighted by Crippen LogP contribution is 2.40. The van der Waals surface area contributed by atoms with Crippen LogP contribution in [0.15, 0.2) is 48.5 Å². The lowest BCUT2D eigenvalue weighted by molar-refractivity contribution is -0.138. The summed E-state index contributed by atoms with van der Waals surface area (Å²) < 4.78 is 39.7. The molecule has 23 heavy (non-hydrogen) atoms. The topological polar surface area (TPSA) is 12.0 Å². The molecule has 2 atom stereocenters. The average molecular weight is 340 g/mol. The Kier molecular flexibility index (Phi) is 4.64. The van der Waals surface area contributed by atoms with Crippen LogP contribution in [0.3, 0.4) is 0 Å². The summed E-state index contributed by atoms with van der Waals surface area (Å²) in [6.45, 7) is 0.689. The maximum absolute atomic E-state index is 13.2. The first-order valence-electron chi connectivity index (χ1n) is 7.60. The molecular weight excluding hydrogens is 323 g/mol. The third-order valence-electron chi connectivity index (χ3n) is 4.37. The first-order valence-corrected chi connectivity index (χ1v) is 7.98. The standard InChI is InChI=1S/C18H17ClF3N/c19-14-5-3-4-12(10-14)13-8-9-23-17(11-13)15-6-1-2-7-16(15)18(20,21)22/h1-7,10,13,17,23H,8-9,11H2/t13-,17+/m1/s1. The van der Waals surface area contributed by atoms with Crippen LogP contribution in [0.25, 0.3) is 0 Å². The van der Waals surface area contributed by atoms with Gasteiger partial charge in [-0.2, -0.15) is 13.2 Å². The first-order chi connectivity index (χ1) is 10.9. The fraction of sp³-hybridized carbons (Fsp3) is 0.333. The minimum Gasteiger partial charge on any atom is -0.310 e. The number of piperidine rings is 1. The maximum atomic E-state index is 13.2. The van der Waals surface area contributed by atoms with Crippen LogP contribution in [0.1, 0.15) is 41.5 Å². The molecule has 0 spiro atoms. The molecule has 2 aromatic carbocycles. The lowest BCUT2D eigenvalue weighted by atomic mass is 9.83. The molecule has 122 valence electrons. The predicted molar refractivity (Wildman–Crippen MR) is 85.6 cm³/mol. The molecule has 0 bridgehead atoms. The molecule has 1 N–H and O–H groups in total. The van der Waals surface area contributed by atoms with Gasteiger partial charge in [-0.15, -0.1) is 0 Å². The average Bonchev–Trinajstić information content (AvgIpc) is 2.54. The minimum absolute atomic E-state index is 0.209. The van der Waals surface area contributed by atoms with Crippen LogP contribution in [0, 0.1) is 0 Å². The molecule has 0 amide bonds. The van der Waals surface area contributed by atoms with Gasteiger partial charge in [0.2, 0.25) is 0 Å². The van der Waals surface area contributed by atoms with Gasteiger partial charge in [-0.3, -0.25) is 0 Å². The molecule has 3 rings (SSSR count). The maximum Gasteiger partial charge on any atom is 0.416 e. The zero-order valence-corrected chi connectivity index (χ0v) is 13.2. The zero-order valence-electron chi connectivity index (χ0n) is 12.4. The van der Waals surface area contributed by atoms with Gasteiger partial charge in [0.1, 0.15) is 0 Å². The molecule has 2 aromatic rings. The molecule has 1 aliphatic rings. The number of halogens is 4. The second kappa shape index (κ2) is 6.54. The molecule has 0 aliphatic carbocycles. The fourth-order valence-electron chi connectivity index (χ4n) is 3.28. The van der Waals surface area contributed by atoms with Gasteiger partial charge in [-0.25, -0.2) is 0 Å². The van der Waals surface area contributed by atoms with E-state index in [1.807, 2.05) is 24.3 Å². The SMILES string of the molecule is FC(F)(F)c1ccccc1[C@@H]1C[C@H](c2cccc(Cl)c2)CCN1. The molecule has 1 nitrogen and oxygen atoms in total. The molecule has 1 aliphatic heterocycles. The Bertz CT molecular complexity index is 684. The van der Waals surface area contributed by atoms with Crippen LogP contribution in [0.2, 0.25) is 5.02 Å². The highest BCUT2D eigenvalue weighted by atomic mass is 35.5. The normalized spacial score (nSPS) is 22.1. The summed E-state index contributed by atoms with van der Waals surface area (Å²) in [5, 5.41) is 3.89. The van der Waals surface area contributed by atoms with E-state index in [2.05, 4.69) is 5.32 Å². The van der Waals surface area contributed by atoms with Gasteiger partial charge >= 0.3 is 6.18 Å². The van der Waals surface area contributed by atoms with Crippen LogP contribution in [0.4, 0.5) is 13.2 Å². The smallest absolute Gasteiger partial charge is 0.310 e. The predicted octanol–water partition coefficient (Wildman–Crippen LogP) is 5.57. The molecule has 5 heteroatoms. The first kappa shape index (κ1) is 16.3. The van der Waals surface area contributed by atoms with E-state index >= 15 is 0 Å². The lowest BCUT2D eigenvalue weighted by Gasteiger charge is -2.32. The number of hydrogen-bond donors (Lipinski definition) is 1. The minimum atomic E-state index is -4.33. The monoisotopic (exact) mass is 339 g/mol. The van der Waals surface area contributed by atoms with Crippen molar-refractivity contribution in [3.05, 3.63) is 70.2 Å². The van der Waals surface area contributed by atoms with Crippen molar-refractivity contribution >= 4 is 11.6 Å². The quantitative estimate of drug-likeness (QED) is 0.754. The van der Waals surface area contributed by atoms with Crippen molar-refractivity contribution < 1.29 is 13.2 Å². The van der Waals surface area contributed by atoms with Crippen LogP contribution in [0.5, 0.6) is 0 Å². The summed E-state index contributed by atoms with van der Waals surface area (Å²) in [5.41, 5.74) is 0.865. The molecular formula is C18H17ClF3N. The highest BCUT2D eigenvalue weighted by molar-refractivity contribution is 6.30. The molecule has 0 saturated carbocycles. The molecule has 1 saturated heterocycles. The Morgan fingerprint density at radius 2 is 1.83 bits per heavy atom. The summed E-state index contributed by atoms with van der Waals surface area (Å²) in [7, 11) is 0. The summed E-state index contributed by atoms with van der Waals surface area (Å²) in [6, 6.07) is 13.1. The van der Waals surface area contributed by atoms with E-state index in [1.54, 1.807) is 12.1 Å². The van der Waals surface area contributed by atoms with Gasteiger partial charge in [-0.1, -0.05) is 41.9 Å². The van der Waals surface area contributed by atoms with Crippen molar-refractivity contribution in [2.45, 2.75) is 31.0 Å². The van der Waals surface area contributed by atoms with Crippen LogP contribution < -0.4 is 5.32 Å². The summed E-state index contributed by atoms with van der Waals surface area (Å²) >= 11 is 6.04. The Hall–Kier alpha value is -1.52. The Morgan fingerprint density at radius 3 is 2.57 bits per heavy atom. The van der Waals surface area contributed by atoms with Gasteiger partial charge in [0.25, 0.3) is 0 Å². The van der Waals surface area contributed by atoms with Crippen molar-refractivity contribution in [2.75, 3.05) is 6.54 Å². The van der Waals surface area contributed by atoms with Gasteiger partial charge in [0.05, 0.1) is 5.56 Å². The Morgan fingerprint density at radius 1 is 1.04 bits per heavy atom. The number of hydrogen-bond acceptors (Lipinski definition) is 1. The van der Waals surface area contributed by atoms with Crippen molar-refractivity contribution in [1.82, 2.24) is 5.32 Å². The van der Waals surface area contributed by atoms with Gasteiger partial charge in [0, 0.05) is 11.1 Å². The lowest BCUT2D eigenvalue weighted by Crippen LogP contribution is -2.32. The summed E-state index contributed by atoms with van der Waals surface area (Å²) in [4.78, 5) is 0. The van der Waals surface area contributed by atoms with Crippen LogP contribution in [-0.4, -0.2) is 6.54 Å². The van der Waals surface area contributed by atoms with Crippen LogP contribution in [-0.2, 0) is 6.18 Å².